The van der Waals surface area contributed by atoms with Gasteiger partial charge in [0, 0.05) is 28.5 Å². The molecule has 2 amide bonds. The molecule has 0 radical (unpaired) electrons. The second-order valence-corrected chi connectivity index (χ2v) is 6.44. The van der Waals surface area contributed by atoms with E-state index >= 15 is 0 Å². The third kappa shape index (κ3) is 5.46. The van der Waals surface area contributed by atoms with Crippen molar-refractivity contribution in [2.24, 2.45) is 0 Å². The molecule has 0 unspecified atom stereocenters. The average Bonchev–Trinajstić information content (AvgIpc) is 2.68. The summed E-state index contributed by atoms with van der Waals surface area (Å²) in [5.41, 5.74) is 3.13. The number of pyridine rings is 1. The number of carbonyl (C=O) groups is 1. The quantitative estimate of drug-likeness (QED) is 0.501. The lowest BCUT2D eigenvalue weighted by molar-refractivity contribution is 0.262. The van der Waals surface area contributed by atoms with Gasteiger partial charge in [-0.15, -0.1) is 0 Å². The Morgan fingerprint density at radius 1 is 0.963 bits per heavy atom. The number of rotatable bonds is 6. The summed E-state index contributed by atoms with van der Waals surface area (Å²) < 4.78 is 0. The molecule has 2 aromatic carbocycles. The van der Waals surface area contributed by atoms with E-state index in [1.165, 1.54) is 0 Å². The van der Waals surface area contributed by atoms with Crippen LogP contribution in [0.3, 0.4) is 0 Å². The summed E-state index contributed by atoms with van der Waals surface area (Å²) in [6.45, 7) is 2.99. The number of hydrogen-bond donors (Lipinski definition) is 3. The fraction of sp³-hybridized carbons (Fsp3) is 0.143. The van der Waals surface area contributed by atoms with Crippen LogP contribution in [0.15, 0.2) is 66.7 Å². The van der Waals surface area contributed by atoms with Gasteiger partial charge in [-0.3, -0.25) is 0 Å². The molecule has 0 saturated carbocycles. The monoisotopic (exact) mass is 380 g/mol. The first kappa shape index (κ1) is 18.7. The predicted octanol–water partition coefficient (Wildman–Crippen LogP) is 5.87. The molecule has 3 aromatic rings. The van der Waals surface area contributed by atoms with Gasteiger partial charge in [-0.2, -0.15) is 0 Å². The first-order chi connectivity index (χ1) is 13.1. The minimum Gasteiger partial charge on any atom is -0.370 e. The van der Waals surface area contributed by atoms with E-state index in [0.717, 1.165) is 30.0 Å². The lowest BCUT2D eigenvalue weighted by Crippen LogP contribution is -2.19. The van der Waals surface area contributed by atoms with E-state index in [-0.39, 0.29) is 6.03 Å². The van der Waals surface area contributed by atoms with Crippen molar-refractivity contribution in [3.8, 4) is 11.3 Å². The minimum absolute atomic E-state index is 0.319. The van der Waals surface area contributed by atoms with Crippen LogP contribution >= 0.6 is 11.6 Å². The Labute approximate surface area is 163 Å². The molecule has 3 rings (SSSR count). The van der Waals surface area contributed by atoms with Crippen LogP contribution < -0.4 is 16.0 Å². The first-order valence-corrected chi connectivity index (χ1v) is 9.17. The van der Waals surface area contributed by atoms with Crippen molar-refractivity contribution >= 4 is 34.8 Å². The van der Waals surface area contributed by atoms with Gasteiger partial charge in [-0.05, 0) is 55.0 Å². The predicted molar refractivity (Wildman–Crippen MR) is 113 cm³/mol. The molecule has 0 bridgehead atoms. The topological polar surface area (TPSA) is 66.0 Å². The fourth-order valence-electron chi connectivity index (χ4n) is 2.53. The molecular formula is C21H21ClN4O. The highest BCUT2D eigenvalue weighted by Crippen LogP contribution is 2.22. The van der Waals surface area contributed by atoms with Gasteiger partial charge in [-0.1, -0.05) is 36.7 Å². The zero-order chi connectivity index (χ0) is 19.1. The van der Waals surface area contributed by atoms with E-state index in [1.807, 2.05) is 42.5 Å². The second kappa shape index (κ2) is 9.05. The molecule has 1 heterocycles. The molecule has 0 spiro atoms. The minimum atomic E-state index is -0.319. The lowest BCUT2D eigenvalue weighted by Gasteiger charge is -2.10. The van der Waals surface area contributed by atoms with Crippen molar-refractivity contribution in [1.82, 2.24) is 4.98 Å². The molecule has 27 heavy (non-hydrogen) atoms. The summed E-state index contributed by atoms with van der Waals surface area (Å²) in [6.07, 6.45) is 1.04. The number of aromatic nitrogens is 1. The van der Waals surface area contributed by atoms with Crippen LogP contribution in [0.2, 0.25) is 5.02 Å². The summed E-state index contributed by atoms with van der Waals surface area (Å²) in [5, 5.41) is 9.52. The second-order valence-electron chi connectivity index (χ2n) is 6.00. The van der Waals surface area contributed by atoms with E-state index in [0.29, 0.717) is 16.4 Å². The lowest BCUT2D eigenvalue weighted by atomic mass is 10.1. The summed E-state index contributed by atoms with van der Waals surface area (Å²) in [7, 11) is 0. The Morgan fingerprint density at radius 2 is 1.70 bits per heavy atom. The molecule has 1 aromatic heterocycles. The maximum atomic E-state index is 12.2. The summed E-state index contributed by atoms with van der Waals surface area (Å²) >= 11 is 5.85. The Morgan fingerprint density at radius 3 is 2.48 bits per heavy atom. The number of nitrogens with one attached hydrogen (secondary N) is 3. The van der Waals surface area contributed by atoms with Crippen LogP contribution in [0.25, 0.3) is 11.3 Å². The molecule has 3 N–H and O–H groups in total. The van der Waals surface area contributed by atoms with Crippen molar-refractivity contribution in [1.29, 1.82) is 0 Å². The molecule has 6 heteroatoms. The molecule has 0 saturated heterocycles. The maximum absolute atomic E-state index is 12.2. The molecular weight excluding hydrogens is 360 g/mol. The third-order valence-electron chi connectivity index (χ3n) is 3.82. The average molecular weight is 381 g/mol. The number of anilines is 3. The van der Waals surface area contributed by atoms with Crippen molar-refractivity contribution in [3.63, 3.8) is 0 Å². The zero-order valence-corrected chi connectivity index (χ0v) is 15.8. The van der Waals surface area contributed by atoms with Gasteiger partial charge < -0.3 is 16.0 Å². The van der Waals surface area contributed by atoms with Crippen molar-refractivity contribution in [2.75, 3.05) is 22.5 Å². The number of urea groups is 1. The zero-order valence-electron chi connectivity index (χ0n) is 15.0. The Hall–Kier alpha value is -3.05. The maximum Gasteiger partial charge on any atom is 0.323 e. The van der Waals surface area contributed by atoms with E-state index < -0.39 is 0 Å². The highest BCUT2D eigenvalue weighted by atomic mass is 35.5. The summed E-state index contributed by atoms with van der Waals surface area (Å²) in [5.74, 6) is 0.841. The molecule has 0 atom stereocenters. The van der Waals surface area contributed by atoms with E-state index in [4.69, 9.17) is 11.6 Å². The number of carbonyl (C=O) groups excluding carboxylic acids is 1. The largest absolute Gasteiger partial charge is 0.370 e. The summed E-state index contributed by atoms with van der Waals surface area (Å²) in [4.78, 5) is 16.8. The molecule has 138 valence electrons. The van der Waals surface area contributed by atoms with Gasteiger partial charge in [0.25, 0.3) is 0 Å². The Bertz CT molecular complexity index is 912. The van der Waals surface area contributed by atoms with Gasteiger partial charge in [0.1, 0.15) is 5.82 Å². The first-order valence-electron chi connectivity index (χ1n) is 8.79. The molecule has 0 aliphatic heterocycles. The van der Waals surface area contributed by atoms with Crippen molar-refractivity contribution < 1.29 is 4.79 Å². The van der Waals surface area contributed by atoms with E-state index in [2.05, 4.69) is 27.9 Å². The number of nitrogens with zero attached hydrogens (tertiary/aromatic N) is 1. The van der Waals surface area contributed by atoms with Crippen LogP contribution in [0.5, 0.6) is 0 Å². The Kier molecular flexibility index (Phi) is 6.28. The number of benzene rings is 2. The highest BCUT2D eigenvalue weighted by Gasteiger charge is 2.06. The van der Waals surface area contributed by atoms with Crippen molar-refractivity contribution in [2.45, 2.75) is 13.3 Å². The van der Waals surface area contributed by atoms with Crippen LogP contribution in [-0.2, 0) is 0 Å². The normalized spacial score (nSPS) is 10.3. The highest BCUT2D eigenvalue weighted by molar-refractivity contribution is 6.30. The van der Waals surface area contributed by atoms with E-state index in [1.54, 1.807) is 24.3 Å². The smallest absolute Gasteiger partial charge is 0.323 e. The van der Waals surface area contributed by atoms with Gasteiger partial charge in [0.2, 0.25) is 0 Å². The third-order valence-corrected chi connectivity index (χ3v) is 4.08. The van der Waals surface area contributed by atoms with Crippen LogP contribution in [0, 0.1) is 0 Å². The Balaban J connectivity index is 1.70. The SMILES string of the molecule is CCCNc1cccc(-c2cccc(NC(=O)Nc3ccc(Cl)cc3)c2)n1. The van der Waals surface area contributed by atoms with Crippen LogP contribution in [-0.4, -0.2) is 17.6 Å². The van der Waals surface area contributed by atoms with Gasteiger partial charge in [-0.25, -0.2) is 9.78 Å². The molecule has 0 aliphatic rings. The fourth-order valence-corrected chi connectivity index (χ4v) is 2.66. The molecule has 0 fully saturated rings. The molecule has 0 aliphatic carbocycles. The number of hydrogen-bond acceptors (Lipinski definition) is 3. The van der Waals surface area contributed by atoms with Crippen LogP contribution in [0.1, 0.15) is 13.3 Å². The number of amides is 2. The van der Waals surface area contributed by atoms with Gasteiger partial charge >= 0.3 is 6.03 Å². The van der Waals surface area contributed by atoms with Crippen molar-refractivity contribution in [3.05, 3.63) is 71.8 Å². The molecule has 5 nitrogen and oxygen atoms in total. The van der Waals surface area contributed by atoms with Crippen LogP contribution in [0.4, 0.5) is 22.0 Å². The van der Waals surface area contributed by atoms with E-state index in [9.17, 15) is 4.79 Å². The standard InChI is InChI=1S/C21H21ClN4O/c1-2-13-23-20-8-4-7-19(26-20)15-5-3-6-18(14-15)25-21(27)24-17-11-9-16(22)10-12-17/h3-12,14H,2,13H2,1H3,(H,23,26)(H2,24,25,27). The summed E-state index contributed by atoms with van der Waals surface area (Å²) in [6, 6.07) is 20.1. The van der Waals surface area contributed by atoms with Gasteiger partial charge in [0.15, 0.2) is 0 Å². The number of halogens is 1. The van der Waals surface area contributed by atoms with Gasteiger partial charge in [0.05, 0.1) is 5.69 Å².